The predicted molar refractivity (Wildman–Crippen MR) is 91.6 cm³/mol. The van der Waals surface area contributed by atoms with E-state index in [1.54, 1.807) is 47.5 Å². The number of halogens is 1. The van der Waals surface area contributed by atoms with Crippen LogP contribution in [0.25, 0.3) is 10.2 Å². The number of thiazole rings is 1. The molecule has 0 bridgehead atoms. The number of nitrogens with zero attached hydrogens (tertiary/aromatic N) is 2. The van der Waals surface area contributed by atoms with Gasteiger partial charge in [0.25, 0.3) is 5.91 Å². The molecule has 1 heterocycles. The molecular weight excluding hydrogens is 316 g/mol. The van der Waals surface area contributed by atoms with Crippen molar-refractivity contribution in [2.24, 2.45) is 0 Å². The van der Waals surface area contributed by atoms with Crippen LogP contribution in [0.2, 0.25) is 5.02 Å². The van der Waals surface area contributed by atoms with Crippen LogP contribution in [0, 0.1) is 0 Å². The zero-order chi connectivity index (χ0) is 15.7. The number of benzene rings is 2. The second-order valence-corrected chi connectivity index (χ2v) is 6.62. The summed E-state index contributed by atoms with van der Waals surface area (Å²) in [7, 11) is 1.79. The summed E-state index contributed by atoms with van der Waals surface area (Å²) in [5, 5.41) is 1.49. The molecule has 1 aromatic heterocycles. The normalized spacial score (nSPS) is 12.3. The fraction of sp³-hybridized carbons (Fsp3) is 0.176. The molecule has 0 fully saturated rings. The van der Waals surface area contributed by atoms with Crippen molar-refractivity contribution >= 4 is 39.1 Å². The smallest absolute Gasteiger partial charge is 0.254 e. The van der Waals surface area contributed by atoms with Gasteiger partial charge in [0, 0.05) is 17.6 Å². The fourth-order valence-electron chi connectivity index (χ4n) is 2.24. The van der Waals surface area contributed by atoms with Crippen molar-refractivity contribution < 1.29 is 4.79 Å². The number of rotatable bonds is 3. The van der Waals surface area contributed by atoms with Crippen LogP contribution in [0.1, 0.15) is 28.3 Å². The van der Waals surface area contributed by atoms with E-state index in [9.17, 15) is 4.79 Å². The number of hydrogen-bond donors (Lipinski definition) is 0. The third-order valence-corrected chi connectivity index (χ3v) is 5.08. The quantitative estimate of drug-likeness (QED) is 0.692. The van der Waals surface area contributed by atoms with Crippen molar-refractivity contribution in [2.45, 2.75) is 13.0 Å². The molecule has 0 unspecified atom stereocenters. The molecule has 0 radical (unpaired) electrons. The van der Waals surface area contributed by atoms with Gasteiger partial charge in [-0.2, -0.15) is 0 Å². The number of aromatic nitrogens is 1. The van der Waals surface area contributed by atoms with Gasteiger partial charge >= 0.3 is 0 Å². The molecule has 112 valence electrons. The van der Waals surface area contributed by atoms with E-state index in [0.29, 0.717) is 10.6 Å². The number of fused-ring (bicyclic) bond motifs is 1. The van der Waals surface area contributed by atoms with Crippen molar-refractivity contribution in [2.75, 3.05) is 7.05 Å². The molecule has 1 amide bonds. The second kappa shape index (κ2) is 6.07. The summed E-state index contributed by atoms with van der Waals surface area (Å²) in [6, 6.07) is 14.9. The topological polar surface area (TPSA) is 33.2 Å². The highest BCUT2D eigenvalue weighted by Crippen LogP contribution is 2.29. The number of carbonyl (C=O) groups excluding carboxylic acids is 1. The van der Waals surface area contributed by atoms with Gasteiger partial charge in [0.2, 0.25) is 0 Å². The van der Waals surface area contributed by atoms with Crippen LogP contribution < -0.4 is 0 Å². The summed E-state index contributed by atoms with van der Waals surface area (Å²) >= 11 is 7.58. The Balaban J connectivity index is 1.87. The number of carbonyl (C=O) groups is 1. The fourth-order valence-corrected chi connectivity index (χ4v) is 3.49. The number of para-hydroxylation sites is 1. The zero-order valence-electron chi connectivity index (χ0n) is 12.3. The molecule has 0 spiro atoms. The van der Waals surface area contributed by atoms with E-state index in [0.717, 1.165) is 15.2 Å². The molecule has 0 saturated heterocycles. The van der Waals surface area contributed by atoms with Gasteiger partial charge in [-0.25, -0.2) is 4.98 Å². The van der Waals surface area contributed by atoms with E-state index in [-0.39, 0.29) is 11.9 Å². The van der Waals surface area contributed by atoms with E-state index >= 15 is 0 Å². The predicted octanol–water partition coefficient (Wildman–Crippen LogP) is 4.78. The average Bonchev–Trinajstić information content (AvgIpc) is 2.96. The molecule has 5 heteroatoms. The summed E-state index contributed by atoms with van der Waals surface area (Å²) in [5.74, 6) is -0.0609. The number of hydrogen-bond acceptors (Lipinski definition) is 3. The van der Waals surface area contributed by atoms with Crippen LogP contribution in [0.4, 0.5) is 0 Å². The maximum absolute atomic E-state index is 12.6. The Labute approximate surface area is 138 Å². The largest absolute Gasteiger partial charge is 0.333 e. The van der Waals surface area contributed by atoms with Gasteiger partial charge in [0.1, 0.15) is 5.01 Å². The highest BCUT2D eigenvalue weighted by Gasteiger charge is 2.21. The van der Waals surface area contributed by atoms with E-state index in [1.807, 2.05) is 31.2 Å². The summed E-state index contributed by atoms with van der Waals surface area (Å²) < 4.78 is 1.13. The highest BCUT2D eigenvalue weighted by molar-refractivity contribution is 7.18. The Morgan fingerprint density at radius 1 is 1.23 bits per heavy atom. The summed E-state index contributed by atoms with van der Waals surface area (Å²) in [6.45, 7) is 1.99. The van der Waals surface area contributed by atoms with E-state index in [1.165, 1.54) is 0 Å². The Morgan fingerprint density at radius 2 is 2.00 bits per heavy atom. The van der Waals surface area contributed by atoms with Crippen LogP contribution in [-0.2, 0) is 0 Å². The first-order chi connectivity index (χ1) is 10.6. The molecule has 22 heavy (non-hydrogen) atoms. The summed E-state index contributed by atoms with van der Waals surface area (Å²) in [6.07, 6.45) is 0. The van der Waals surface area contributed by atoms with Gasteiger partial charge in [0.15, 0.2) is 0 Å². The van der Waals surface area contributed by atoms with Crippen LogP contribution in [0.15, 0.2) is 48.5 Å². The van der Waals surface area contributed by atoms with Gasteiger partial charge in [0.05, 0.1) is 16.3 Å². The van der Waals surface area contributed by atoms with Crippen LogP contribution in [-0.4, -0.2) is 22.8 Å². The SMILES string of the molecule is C[C@@H](c1nc2ccccc2s1)N(C)C(=O)c1cccc(Cl)c1. The standard InChI is InChI=1S/C17H15ClN2OS/c1-11(16-19-14-8-3-4-9-15(14)22-16)20(2)17(21)12-6-5-7-13(18)10-12/h3-11H,1-2H3/t11-/m0/s1. The van der Waals surface area contributed by atoms with Crippen molar-refractivity contribution in [1.82, 2.24) is 9.88 Å². The van der Waals surface area contributed by atoms with Crippen molar-refractivity contribution in [3.05, 3.63) is 64.1 Å². The van der Waals surface area contributed by atoms with Gasteiger partial charge in [-0.3, -0.25) is 4.79 Å². The van der Waals surface area contributed by atoms with Crippen molar-refractivity contribution in [3.8, 4) is 0 Å². The van der Waals surface area contributed by atoms with Gasteiger partial charge < -0.3 is 4.90 Å². The monoisotopic (exact) mass is 330 g/mol. The van der Waals surface area contributed by atoms with E-state index in [4.69, 9.17) is 11.6 Å². The zero-order valence-corrected chi connectivity index (χ0v) is 13.9. The Bertz CT molecular complexity index is 797. The van der Waals surface area contributed by atoms with Gasteiger partial charge in [-0.1, -0.05) is 29.8 Å². The molecule has 0 aliphatic carbocycles. The second-order valence-electron chi connectivity index (χ2n) is 5.12. The van der Waals surface area contributed by atoms with Crippen LogP contribution in [0.5, 0.6) is 0 Å². The highest BCUT2D eigenvalue weighted by atomic mass is 35.5. The van der Waals surface area contributed by atoms with Gasteiger partial charge in [-0.15, -0.1) is 11.3 Å². The lowest BCUT2D eigenvalue weighted by Gasteiger charge is -2.23. The molecule has 0 aliphatic rings. The minimum Gasteiger partial charge on any atom is -0.333 e. The first-order valence-corrected chi connectivity index (χ1v) is 8.14. The first-order valence-electron chi connectivity index (χ1n) is 6.94. The minimum atomic E-state index is -0.0936. The molecule has 1 atom stereocenters. The third kappa shape index (κ3) is 2.85. The van der Waals surface area contributed by atoms with E-state index in [2.05, 4.69) is 4.98 Å². The van der Waals surface area contributed by atoms with Crippen molar-refractivity contribution in [3.63, 3.8) is 0 Å². The summed E-state index contributed by atoms with van der Waals surface area (Å²) in [4.78, 5) is 18.9. The molecule has 2 aromatic carbocycles. The Hall–Kier alpha value is -1.91. The lowest BCUT2D eigenvalue weighted by atomic mass is 10.2. The molecule has 0 saturated carbocycles. The molecule has 3 aromatic rings. The van der Waals surface area contributed by atoms with Crippen molar-refractivity contribution in [1.29, 1.82) is 0 Å². The average molecular weight is 331 g/mol. The number of amides is 1. The molecule has 0 aliphatic heterocycles. The molecule has 0 N–H and O–H groups in total. The minimum absolute atomic E-state index is 0.0609. The summed E-state index contributed by atoms with van der Waals surface area (Å²) in [5.41, 5.74) is 1.56. The van der Waals surface area contributed by atoms with Crippen LogP contribution >= 0.6 is 22.9 Å². The lowest BCUT2D eigenvalue weighted by molar-refractivity contribution is 0.0742. The third-order valence-electron chi connectivity index (χ3n) is 3.64. The lowest BCUT2D eigenvalue weighted by Crippen LogP contribution is -2.29. The van der Waals surface area contributed by atoms with E-state index < -0.39 is 0 Å². The maximum Gasteiger partial charge on any atom is 0.254 e. The van der Waals surface area contributed by atoms with Gasteiger partial charge in [-0.05, 0) is 37.3 Å². The molecule has 3 nitrogen and oxygen atoms in total. The van der Waals surface area contributed by atoms with Crippen LogP contribution in [0.3, 0.4) is 0 Å². The maximum atomic E-state index is 12.6. The Kier molecular flexibility index (Phi) is 4.14. The molecule has 3 rings (SSSR count). The Morgan fingerprint density at radius 3 is 2.73 bits per heavy atom. The molecular formula is C17H15ClN2OS. The first kappa shape index (κ1) is 15.0.